The van der Waals surface area contributed by atoms with Crippen LogP contribution in [0.4, 0.5) is 10.6 Å². The maximum absolute atomic E-state index is 13.4. The lowest BCUT2D eigenvalue weighted by Crippen LogP contribution is -2.35. The van der Waals surface area contributed by atoms with Crippen molar-refractivity contribution in [1.82, 2.24) is 15.0 Å². The number of ketones is 2. The number of pyridine rings is 1. The molecule has 14 heteroatoms. The Morgan fingerprint density at radius 3 is 2.38 bits per heavy atom. The number of sulfonamides is 1. The summed E-state index contributed by atoms with van der Waals surface area (Å²) >= 11 is 0. The van der Waals surface area contributed by atoms with Gasteiger partial charge in [0, 0.05) is 51.0 Å². The number of ether oxygens (including phenoxy) is 3. The van der Waals surface area contributed by atoms with Crippen molar-refractivity contribution in [3.8, 4) is 5.75 Å². The number of benzene rings is 2. The smallest absolute Gasteiger partial charge is 0.407 e. The molecule has 0 fully saturated rings. The number of carbonyl (C=O) groups is 4. The monoisotopic (exact) mass is 778 g/mol. The van der Waals surface area contributed by atoms with Gasteiger partial charge in [-0.1, -0.05) is 36.4 Å². The minimum atomic E-state index is -4.05. The molecule has 2 aromatic carbocycles. The van der Waals surface area contributed by atoms with Crippen molar-refractivity contribution in [1.29, 1.82) is 0 Å². The second kappa shape index (κ2) is 21.9. The van der Waals surface area contributed by atoms with Gasteiger partial charge in [-0.25, -0.2) is 22.9 Å². The molecular weight excluding hydrogens is 725 g/mol. The van der Waals surface area contributed by atoms with Gasteiger partial charge in [0.25, 0.3) is 0 Å². The quantitative estimate of drug-likeness (QED) is 0.0768. The van der Waals surface area contributed by atoms with Gasteiger partial charge in [0.2, 0.25) is 10.0 Å². The number of fused-ring (bicyclic) bond motifs is 1. The highest BCUT2D eigenvalue weighted by molar-refractivity contribution is 7.89. The van der Waals surface area contributed by atoms with E-state index in [0.29, 0.717) is 55.5 Å². The van der Waals surface area contributed by atoms with Crippen molar-refractivity contribution in [2.45, 2.75) is 96.0 Å². The third-order valence-corrected chi connectivity index (χ3v) is 11.0. The van der Waals surface area contributed by atoms with Gasteiger partial charge in [-0.2, -0.15) is 0 Å². The molecule has 0 bridgehead atoms. The molecule has 3 N–H and O–H groups in total. The number of unbranched alkanes of at least 4 members (excludes halogenated alkanes) is 1. The molecule has 1 aromatic heterocycles. The third-order valence-electron chi connectivity index (χ3n) is 9.30. The van der Waals surface area contributed by atoms with Gasteiger partial charge in [0.1, 0.15) is 29.7 Å². The number of esters is 1. The fourth-order valence-corrected chi connectivity index (χ4v) is 7.98. The molecule has 1 atom stereocenters. The van der Waals surface area contributed by atoms with E-state index in [1.165, 1.54) is 12.7 Å². The number of nitrogens with zero attached hydrogens (tertiary/aromatic N) is 1. The largest absolute Gasteiger partial charge is 0.494 e. The van der Waals surface area contributed by atoms with Crippen molar-refractivity contribution in [3.63, 3.8) is 0 Å². The number of alkyl carbamates (subject to hydrolysis) is 1. The van der Waals surface area contributed by atoms with Crippen LogP contribution in [0, 0.1) is 19.8 Å². The van der Waals surface area contributed by atoms with Gasteiger partial charge in [0.15, 0.2) is 0 Å². The fraction of sp³-hybridized carbons (Fsp3) is 0.488. The summed E-state index contributed by atoms with van der Waals surface area (Å²) < 4.78 is 45.3. The number of rotatable bonds is 23. The number of aromatic nitrogens is 1. The van der Waals surface area contributed by atoms with Crippen LogP contribution in [0.2, 0.25) is 0 Å². The second-order valence-corrected chi connectivity index (χ2v) is 15.5. The van der Waals surface area contributed by atoms with E-state index in [1.54, 1.807) is 26.0 Å². The highest BCUT2D eigenvalue weighted by atomic mass is 32.2. The predicted molar refractivity (Wildman–Crippen MR) is 208 cm³/mol. The van der Waals surface area contributed by atoms with Gasteiger partial charge >= 0.3 is 12.1 Å². The van der Waals surface area contributed by atoms with Gasteiger partial charge in [-0.05, 0) is 99.2 Å². The molecule has 0 spiro atoms. The van der Waals surface area contributed by atoms with Crippen LogP contribution in [0.1, 0.15) is 85.7 Å². The van der Waals surface area contributed by atoms with Crippen LogP contribution in [0.3, 0.4) is 0 Å². The predicted octanol–water partition coefficient (Wildman–Crippen LogP) is 5.93. The Kier molecular flexibility index (Phi) is 17.1. The molecule has 1 amide bonds. The summed E-state index contributed by atoms with van der Waals surface area (Å²) in [4.78, 5) is 54.3. The molecule has 1 aliphatic rings. The molecule has 0 saturated carbocycles. The Bertz CT molecular complexity index is 1850. The maximum Gasteiger partial charge on any atom is 0.407 e. The number of Topliss-reactive ketones (excluding diaryl/α,β-unsaturated/α-hetero) is 2. The summed E-state index contributed by atoms with van der Waals surface area (Å²) in [6, 6.07) is 16.7. The van der Waals surface area contributed by atoms with Gasteiger partial charge in [-0.15, -0.1) is 0 Å². The molecule has 1 unspecified atom stereocenters. The van der Waals surface area contributed by atoms with E-state index in [2.05, 4.69) is 21.4 Å². The third kappa shape index (κ3) is 14.4. The van der Waals surface area contributed by atoms with Crippen LogP contribution in [-0.2, 0) is 53.3 Å². The van der Waals surface area contributed by atoms with Crippen LogP contribution >= 0.6 is 0 Å². The van der Waals surface area contributed by atoms with Gasteiger partial charge < -0.3 is 24.8 Å². The average Bonchev–Trinajstić information content (AvgIpc) is 3.17. The number of amides is 1. The first-order chi connectivity index (χ1) is 26.4. The second-order valence-electron chi connectivity index (χ2n) is 13.8. The molecule has 0 radical (unpaired) electrons. The average molecular weight is 779 g/mol. The minimum Gasteiger partial charge on any atom is -0.494 e. The topological polar surface area (TPSA) is 179 Å². The summed E-state index contributed by atoms with van der Waals surface area (Å²) in [5, 5.41) is 5.98. The molecule has 13 nitrogen and oxygen atoms in total. The van der Waals surface area contributed by atoms with Crippen molar-refractivity contribution in [2.24, 2.45) is 5.92 Å². The van der Waals surface area contributed by atoms with Crippen molar-refractivity contribution >= 4 is 39.5 Å². The van der Waals surface area contributed by atoms with Crippen LogP contribution in [0.5, 0.6) is 5.75 Å². The Labute approximate surface area is 324 Å². The zero-order chi connectivity index (χ0) is 39.6. The molecule has 4 rings (SSSR count). The van der Waals surface area contributed by atoms with Crippen LogP contribution in [0.25, 0.3) is 0 Å². The van der Waals surface area contributed by atoms with Crippen molar-refractivity contribution in [3.05, 3.63) is 82.5 Å². The number of nitrogens with one attached hydrogen (secondary N) is 3. The number of hydrogen-bond acceptors (Lipinski definition) is 11. The first-order valence-electron chi connectivity index (χ1n) is 19.0. The number of methoxy groups -OCH3 is 1. The molecule has 0 saturated heterocycles. The van der Waals surface area contributed by atoms with Crippen molar-refractivity contribution < 1.29 is 41.8 Å². The summed E-state index contributed by atoms with van der Waals surface area (Å²) in [5.41, 5.74) is 3.98. The van der Waals surface area contributed by atoms with Crippen LogP contribution < -0.4 is 20.1 Å². The number of carbonyl (C=O) groups excluding carboxylic acids is 4. The summed E-state index contributed by atoms with van der Waals surface area (Å²) in [6.45, 7) is 4.70. The van der Waals surface area contributed by atoms with E-state index in [9.17, 15) is 27.6 Å². The fourth-order valence-electron chi connectivity index (χ4n) is 6.45. The molecule has 55 heavy (non-hydrogen) atoms. The van der Waals surface area contributed by atoms with Crippen molar-refractivity contribution in [2.75, 3.05) is 38.7 Å². The van der Waals surface area contributed by atoms with E-state index < -0.39 is 28.0 Å². The number of hydrogen-bond donors (Lipinski definition) is 3. The summed E-state index contributed by atoms with van der Waals surface area (Å²) in [7, 11) is -2.84. The first-order valence-corrected chi connectivity index (χ1v) is 20.5. The molecule has 298 valence electrons. The lowest BCUT2D eigenvalue weighted by molar-refractivity contribution is -0.146. The molecular formula is C41H54N4O9S. The molecule has 3 aromatic rings. The summed E-state index contributed by atoms with van der Waals surface area (Å²) in [5.74, 6) is -0.308. The highest BCUT2D eigenvalue weighted by Crippen LogP contribution is 2.27. The molecule has 1 aliphatic heterocycles. The van der Waals surface area contributed by atoms with E-state index in [1.807, 2.05) is 36.4 Å². The Hall–Kier alpha value is -4.82. The first kappa shape index (κ1) is 42.9. The minimum absolute atomic E-state index is 0.0473. The lowest BCUT2D eigenvalue weighted by Gasteiger charge is -2.18. The molecule has 0 aliphatic carbocycles. The zero-order valence-electron chi connectivity index (χ0n) is 32.1. The van der Waals surface area contributed by atoms with Gasteiger partial charge in [-0.3, -0.25) is 14.4 Å². The SMILES string of the molecule is COC(=O)C(CNS(=O)(=O)c1c(C)cc(OCCCC(=O)CCCNC(=O)OCc2ccccc2)cc1C)CC(=O)CCCCc1ccc2c(n1)NCCC2. The maximum atomic E-state index is 13.4. The number of aryl methyl sites for hydroxylation is 4. The van der Waals surface area contributed by atoms with Gasteiger partial charge in [0.05, 0.1) is 24.5 Å². The normalized spacial score (nSPS) is 12.9. The number of anilines is 1. The Morgan fingerprint density at radius 2 is 1.64 bits per heavy atom. The molecule has 2 heterocycles. The Morgan fingerprint density at radius 1 is 0.909 bits per heavy atom. The van der Waals surface area contributed by atoms with Crippen LogP contribution in [-0.4, -0.2) is 70.4 Å². The highest BCUT2D eigenvalue weighted by Gasteiger charge is 2.27. The Balaban J connectivity index is 1.15. The lowest BCUT2D eigenvalue weighted by atomic mass is 9.99. The van der Waals surface area contributed by atoms with E-state index in [-0.39, 0.29) is 49.1 Å². The summed E-state index contributed by atoms with van der Waals surface area (Å²) in [6.07, 6.45) is 5.43. The zero-order valence-corrected chi connectivity index (χ0v) is 32.9. The standard InChI is InChI=1S/C41H54N4O9S/c1-29-24-37(53-23-11-18-35(46)17-10-22-43-41(49)54-28-31-12-5-4-6-13-31)25-30(2)38(29)55(50,51)44-27-33(40(48)52-3)26-36(47)16-8-7-15-34-20-19-32-14-9-21-42-39(32)45-34/h4-6,12-13,19-20,24-25,33,44H,7-11,14-18,21-23,26-28H2,1-3H3,(H,42,45)(H,43,49). The van der Waals surface area contributed by atoms with Crippen LogP contribution in [0.15, 0.2) is 59.5 Å². The van der Waals surface area contributed by atoms with E-state index >= 15 is 0 Å². The van der Waals surface area contributed by atoms with E-state index in [4.69, 9.17) is 19.2 Å². The van der Waals surface area contributed by atoms with E-state index in [0.717, 1.165) is 49.3 Å².